The van der Waals surface area contributed by atoms with E-state index in [4.69, 9.17) is 0 Å². The molecule has 4 heteroatoms. The molecule has 0 radical (unpaired) electrons. The zero-order chi connectivity index (χ0) is 17.1. The van der Waals surface area contributed by atoms with E-state index in [0.29, 0.717) is 0 Å². The molecular formula is C20H23N3O. The zero-order valence-corrected chi connectivity index (χ0v) is 14.4. The Morgan fingerprint density at radius 1 is 1.12 bits per heavy atom. The van der Waals surface area contributed by atoms with Crippen LogP contribution in [0.4, 0.5) is 5.69 Å². The van der Waals surface area contributed by atoms with Gasteiger partial charge in [0, 0.05) is 11.6 Å². The van der Waals surface area contributed by atoms with Crippen molar-refractivity contribution in [1.82, 2.24) is 9.55 Å². The van der Waals surface area contributed by atoms with Crippen molar-refractivity contribution in [2.24, 2.45) is 0 Å². The number of rotatable bonds is 5. The number of nitrogens with one attached hydrogen (secondary N) is 1. The summed E-state index contributed by atoms with van der Waals surface area (Å²) in [5, 5.41) is 2.97. The first-order valence-corrected chi connectivity index (χ1v) is 8.42. The van der Waals surface area contributed by atoms with E-state index in [1.165, 1.54) is 5.56 Å². The van der Waals surface area contributed by atoms with Crippen LogP contribution >= 0.6 is 0 Å². The maximum absolute atomic E-state index is 12.5. The fourth-order valence-electron chi connectivity index (χ4n) is 2.87. The number of amides is 1. The van der Waals surface area contributed by atoms with Crippen molar-refractivity contribution in [3.05, 3.63) is 59.9 Å². The highest BCUT2D eigenvalue weighted by Crippen LogP contribution is 2.22. The van der Waals surface area contributed by atoms with Crippen molar-refractivity contribution >= 4 is 22.6 Å². The molecule has 24 heavy (non-hydrogen) atoms. The van der Waals surface area contributed by atoms with Gasteiger partial charge in [0.05, 0.1) is 11.0 Å². The maximum Gasteiger partial charge on any atom is 0.244 e. The van der Waals surface area contributed by atoms with Gasteiger partial charge in [-0.15, -0.1) is 0 Å². The molecule has 124 valence electrons. The minimum atomic E-state index is -0.0377. The Morgan fingerprint density at radius 3 is 2.50 bits per heavy atom. The summed E-state index contributed by atoms with van der Waals surface area (Å²) >= 11 is 0. The van der Waals surface area contributed by atoms with Gasteiger partial charge in [0.1, 0.15) is 12.4 Å². The van der Waals surface area contributed by atoms with E-state index >= 15 is 0 Å². The molecule has 0 saturated heterocycles. The van der Waals surface area contributed by atoms with Crippen molar-refractivity contribution in [2.75, 3.05) is 5.32 Å². The number of imidazole rings is 1. The van der Waals surface area contributed by atoms with Crippen LogP contribution in [0.3, 0.4) is 0 Å². The average molecular weight is 321 g/mol. The van der Waals surface area contributed by atoms with E-state index in [9.17, 15) is 4.79 Å². The number of benzene rings is 2. The van der Waals surface area contributed by atoms with Gasteiger partial charge in [-0.1, -0.05) is 45.0 Å². The summed E-state index contributed by atoms with van der Waals surface area (Å²) in [6.45, 7) is 6.58. The number of para-hydroxylation sites is 2. The molecule has 0 aliphatic carbocycles. The van der Waals surface area contributed by atoms with Crippen LogP contribution in [0.15, 0.2) is 48.5 Å². The lowest BCUT2D eigenvalue weighted by molar-refractivity contribution is -0.116. The van der Waals surface area contributed by atoms with Crippen LogP contribution in [0.25, 0.3) is 11.0 Å². The number of anilines is 1. The van der Waals surface area contributed by atoms with Gasteiger partial charge in [-0.2, -0.15) is 0 Å². The van der Waals surface area contributed by atoms with Gasteiger partial charge in [0.15, 0.2) is 0 Å². The SMILES string of the molecule is CCc1ccc(NC(=O)Cn2c(C(C)C)nc3ccccc32)cc1. The molecule has 0 aliphatic rings. The fourth-order valence-corrected chi connectivity index (χ4v) is 2.87. The first-order valence-electron chi connectivity index (χ1n) is 8.42. The molecule has 4 nitrogen and oxygen atoms in total. The number of fused-ring (bicyclic) bond motifs is 1. The van der Waals surface area contributed by atoms with E-state index in [1.54, 1.807) is 0 Å². The van der Waals surface area contributed by atoms with Crippen molar-refractivity contribution < 1.29 is 4.79 Å². The van der Waals surface area contributed by atoms with Gasteiger partial charge in [-0.25, -0.2) is 4.98 Å². The van der Waals surface area contributed by atoms with Crippen LogP contribution in [0.5, 0.6) is 0 Å². The number of carbonyl (C=O) groups is 1. The molecule has 0 atom stereocenters. The Morgan fingerprint density at radius 2 is 1.83 bits per heavy atom. The summed E-state index contributed by atoms with van der Waals surface area (Å²) in [6.07, 6.45) is 0.993. The first-order chi connectivity index (χ1) is 11.6. The molecule has 1 N–H and O–H groups in total. The van der Waals surface area contributed by atoms with Gasteiger partial charge in [0.25, 0.3) is 0 Å². The molecule has 0 unspecified atom stereocenters. The minimum absolute atomic E-state index is 0.0377. The van der Waals surface area contributed by atoms with Crippen LogP contribution in [-0.2, 0) is 17.8 Å². The van der Waals surface area contributed by atoms with Crippen LogP contribution in [0.1, 0.15) is 38.1 Å². The summed E-state index contributed by atoms with van der Waals surface area (Å²) < 4.78 is 2.01. The second-order valence-corrected chi connectivity index (χ2v) is 6.30. The summed E-state index contributed by atoms with van der Waals surface area (Å²) in [6, 6.07) is 15.9. The summed E-state index contributed by atoms with van der Waals surface area (Å²) in [7, 11) is 0. The van der Waals surface area contributed by atoms with Crippen molar-refractivity contribution in [1.29, 1.82) is 0 Å². The van der Waals surface area contributed by atoms with Gasteiger partial charge in [0.2, 0.25) is 5.91 Å². The highest BCUT2D eigenvalue weighted by molar-refractivity contribution is 5.91. The monoisotopic (exact) mass is 321 g/mol. The van der Waals surface area contributed by atoms with Gasteiger partial charge in [-0.3, -0.25) is 4.79 Å². The Labute approximate surface area is 142 Å². The highest BCUT2D eigenvalue weighted by Gasteiger charge is 2.15. The fraction of sp³-hybridized carbons (Fsp3) is 0.300. The lowest BCUT2D eigenvalue weighted by Crippen LogP contribution is -2.20. The number of aromatic nitrogens is 2. The lowest BCUT2D eigenvalue weighted by Gasteiger charge is -2.12. The average Bonchev–Trinajstić information content (AvgIpc) is 2.94. The smallest absolute Gasteiger partial charge is 0.244 e. The molecular weight excluding hydrogens is 298 g/mol. The molecule has 0 spiro atoms. The predicted octanol–water partition coefficient (Wildman–Crippen LogP) is 4.36. The molecule has 1 heterocycles. The highest BCUT2D eigenvalue weighted by atomic mass is 16.1. The third kappa shape index (κ3) is 3.32. The Kier molecular flexibility index (Phi) is 4.65. The topological polar surface area (TPSA) is 46.9 Å². The van der Waals surface area contributed by atoms with Crippen LogP contribution in [0.2, 0.25) is 0 Å². The standard InChI is InChI=1S/C20H23N3O/c1-4-15-9-11-16(12-10-15)21-19(24)13-23-18-8-6-5-7-17(18)22-20(23)14(2)3/h5-12,14H,4,13H2,1-3H3,(H,21,24). The quantitative estimate of drug-likeness (QED) is 0.759. The van der Waals surface area contributed by atoms with Crippen LogP contribution in [0, 0.1) is 0 Å². The predicted molar refractivity (Wildman–Crippen MR) is 98.3 cm³/mol. The Balaban J connectivity index is 1.83. The second-order valence-electron chi connectivity index (χ2n) is 6.30. The third-order valence-corrected chi connectivity index (χ3v) is 4.15. The van der Waals surface area contributed by atoms with Crippen molar-refractivity contribution in [2.45, 2.75) is 39.7 Å². The second kappa shape index (κ2) is 6.87. The first kappa shape index (κ1) is 16.2. The van der Waals surface area contributed by atoms with Crippen LogP contribution < -0.4 is 5.32 Å². The molecule has 1 aromatic heterocycles. The molecule has 2 aromatic carbocycles. The third-order valence-electron chi connectivity index (χ3n) is 4.15. The van der Waals surface area contributed by atoms with Gasteiger partial charge >= 0.3 is 0 Å². The van der Waals surface area contributed by atoms with E-state index < -0.39 is 0 Å². The molecule has 0 bridgehead atoms. The number of hydrogen-bond acceptors (Lipinski definition) is 2. The van der Waals surface area contributed by atoms with Gasteiger partial charge < -0.3 is 9.88 Å². The van der Waals surface area contributed by atoms with E-state index in [1.807, 2.05) is 53.1 Å². The van der Waals surface area contributed by atoms with E-state index in [0.717, 1.165) is 29.0 Å². The molecule has 3 aromatic rings. The molecule has 0 saturated carbocycles. The van der Waals surface area contributed by atoms with Crippen molar-refractivity contribution in [3.63, 3.8) is 0 Å². The number of aryl methyl sites for hydroxylation is 1. The summed E-state index contributed by atoms with van der Waals surface area (Å²) in [5.74, 6) is 1.16. The van der Waals surface area contributed by atoms with E-state index in [-0.39, 0.29) is 18.4 Å². The van der Waals surface area contributed by atoms with E-state index in [2.05, 4.69) is 31.1 Å². The molecule has 3 rings (SSSR count). The summed E-state index contributed by atoms with van der Waals surface area (Å²) in [5.41, 5.74) is 4.02. The van der Waals surface area contributed by atoms with Gasteiger partial charge in [-0.05, 0) is 36.2 Å². The maximum atomic E-state index is 12.5. The minimum Gasteiger partial charge on any atom is -0.325 e. The summed E-state index contributed by atoms with van der Waals surface area (Å²) in [4.78, 5) is 17.2. The molecule has 0 fully saturated rings. The number of carbonyl (C=O) groups excluding carboxylic acids is 1. The molecule has 1 amide bonds. The Bertz CT molecular complexity index is 847. The van der Waals surface area contributed by atoms with Crippen LogP contribution in [-0.4, -0.2) is 15.5 Å². The lowest BCUT2D eigenvalue weighted by atomic mass is 10.1. The zero-order valence-electron chi connectivity index (χ0n) is 14.4. The normalized spacial score (nSPS) is 11.2. The largest absolute Gasteiger partial charge is 0.325 e. The number of hydrogen-bond donors (Lipinski definition) is 1. The number of nitrogens with zero attached hydrogens (tertiary/aromatic N) is 2. The Hall–Kier alpha value is -2.62. The molecule has 0 aliphatic heterocycles. The van der Waals surface area contributed by atoms with Crippen molar-refractivity contribution in [3.8, 4) is 0 Å².